The summed E-state index contributed by atoms with van der Waals surface area (Å²) in [5.74, 6) is -0.937. The number of hydrogen-bond donors (Lipinski definition) is 2. The normalized spacial score (nSPS) is 16.0. The first kappa shape index (κ1) is 33.3. The van der Waals surface area contributed by atoms with Gasteiger partial charge in [-0.25, -0.2) is 4.79 Å². The average Bonchev–Trinajstić information content (AvgIpc) is 2.56. The minimum atomic E-state index is -3.25. The number of hydrogen-bond acceptors (Lipinski definition) is 9. The smallest absolute Gasteiger partial charge is 0.469 e. The van der Waals surface area contributed by atoms with Gasteiger partial charge in [0.1, 0.15) is 12.6 Å². The van der Waals surface area contributed by atoms with Crippen LogP contribution in [0.5, 0.6) is 0 Å². The van der Waals surface area contributed by atoms with Crippen LogP contribution in [0.2, 0.25) is 65.0 Å². The number of aliphatic hydroxyl groups excluding tert-OH is 2. The molecule has 2 unspecified atom stereocenters. The number of aliphatic hydroxyl groups is 2. The Morgan fingerprint density at radius 3 is 1.65 bits per heavy atom. The molecule has 0 aromatic carbocycles. The molecule has 0 bridgehead atoms. The lowest BCUT2D eigenvalue weighted by Crippen LogP contribution is -2.64. The molecule has 34 heavy (non-hydrogen) atoms. The van der Waals surface area contributed by atoms with Gasteiger partial charge in [0.05, 0.1) is 6.61 Å². The van der Waals surface area contributed by atoms with E-state index in [0.717, 1.165) is 0 Å². The average molecular weight is 556 g/mol. The van der Waals surface area contributed by atoms with Crippen molar-refractivity contribution >= 4 is 45.8 Å². The first-order valence-electron chi connectivity index (χ1n) is 11.4. The van der Waals surface area contributed by atoms with Crippen molar-refractivity contribution in [3.63, 3.8) is 0 Å². The fourth-order valence-electron chi connectivity index (χ4n) is 3.18. The zero-order valence-electron chi connectivity index (χ0n) is 22.5. The van der Waals surface area contributed by atoms with Gasteiger partial charge < -0.3 is 32.5 Å². The molecule has 0 fully saturated rings. The third-order valence-corrected chi connectivity index (χ3v) is 16.1. The predicted molar refractivity (Wildman–Crippen MR) is 138 cm³/mol. The van der Waals surface area contributed by atoms with E-state index in [0.29, 0.717) is 6.04 Å². The second-order valence-corrected chi connectivity index (χ2v) is 28.5. The Kier molecular flexibility index (Phi) is 12.3. The van der Waals surface area contributed by atoms with Crippen LogP contribution >= 0.6 is 0 Å². The summed E-state index contributed by atoms with van der Waals surface area (Å²) in [5.41, 5.74) is -0.00263. The molecule has 0 aliphatic heterocycles. The van der Waals surface area contributed by atoms with Crippen molar-refractivity contribution in [1.82, 2.24) is 0 Å². The second-order valence-electron chi connectivity index (χ2n) is 11.5. The molecule has 2 atom stereocenters. The number of carboxylic acid groups (broad SMARTS) is 1. The molecule has 0 aliphatic rings. The van der Waals surface area contributed by atoms with Gasteiger partial charge >= 0.3 is 20.9 Å². The van der Waals surface area contributed by atoms with Gasteiger partial charge in [0.2, 0.25) is 0 Å². The van der Waals surface area contributed by atoms with Crippen LogP contribution in [0, 0.1) is 0 Å². The third-order valence-electron chi connectivity index (χ3n) is 4.04. The van der Waals surface area contributed by atoms with E-state index in [2.05, 4.69) is 6.58 Å². The second kappa shape index (κ2) is 12.5. The summed E-state index contributed by atoms with van der Waals surface area (Å²) in [6.45, 7) is 21.8. The van der Waals surface area contributed by atoms with Gasteiger partial charge in [-0.15, -0.1) is 0 Å². The van der Waals surface area contributed by atoms with E-state index in [1.807, 2.05) is 58.9 Å². The highest BCUT2D eigenvalue weighted by atomic mass is 28.5. The molecule has 0 radical (unpaired) electrons. The van der Waals surface area contributed by atoms with Crippen LogP contribution in [0.15, 0.2) is 12.2 Å². The van der Waals surface area contributed by atoms with E-state index in [9.17, 15) is 24.9 Å². The summed E-state index contributed by atoms with van der Waals surface area (Å²) in [5, 5.41) is 31.5. The van der Waals surface area contributed by atoms with Crippen LogP contribution in [0.1, 0.15) is 13.3 Å². The summed E-state index contributed by atoms with van der Waals surface area (Å²) in [7, 11) is -9.65. The molecule has 200 valence electrons. The fourth-order valence-corrected chi connectivity index (χ4v) is 17.8. The van der Waals surface area contributed by atoms with Gasteiger partial charge in [0.15, 0.2) is 31.5 Å². The number of nitrogens with zero attached hydrogens (tertiary/aromatic N) is 1. The van der Waals surface area contributed by atoms with Crippen LogP contribution in [-0.4, -0.2) is 86.5 Å². The summed E-state index contributed by atoms with van der Waals surface area (Å²) < 4.78 is 18.5. The molecule has 0 spiro atoms. The molecule has 14 heteroatoms. The van der Waals surface area contributed by atoms with E-state index in [4.69, 9.17) is 17.2 Å². The summed E-state index contributed by atoms with van der Waals surface area (Å²) >= 11 is 0. The number of carbonyl (C=O) groups excluding carboxylic acids is 2. The molecule has 0 heterocycles. The Morgan fingerprint density at radius 2 is 1.35 bits per heavy atom. The van der Waals surface area contributed by atoms with Gasteiger partial charge in [-0.2, -0.15) is 0 Å². The minimum Gasteiger partial charge on any atom is -0.495 e. The van der Waals surface area contributed by atoms with Gasteiger partial charge in [0.25, 0.3) is 0 Å². The number of rotatable bonds is 14. The van der Waals surface area contributed by atoms with Crippen molar-refractivity contribution in [2.45, 2.75) is 84.4 Å². The zero-order valence-corrected chi connectivity index (χ0v) is 26.5. The largest absolute Gasteiger partial charge is 0.495 e. The molecule has 0 aromatic rings. The Labute approximate surface area is 208 Å². The maximum absolute atomic E-state index is 12.2. The predicted octanol–water partition coefficient (Wildman–Crippen LogP) is 2.42. The Bertz CT molecular complexity index is 676. The molecule has 0 rings (SSSR count). The lowest BCUT2D eigenvalue weighted by atomic mass is 10.3. The quantitative estimate of drug-likeness (QED) is 0.143. The third kappa shape index (κ3) is 12.8. The first-order chi connectivity index (χ1) is 15.1. The molecular formula is C20H45NO9Si4. The molecular weight excluding hydrogens is 511 g/mol. The van der Waals surface area contributed by atoms with E-state index in [1.165, 1.54) is 6.92 Å². The van der Waals surface area contributed by atoms with Gasteiger partial charge in [-0.1, -0.05) is 11.2 Å². The number of quaternary nitrogens is 1. The molecule has 2 N–H and O–H groups in total. The lowest BCUT2D eigenvalue weighted by Gasteiger charge is -2.43. The van der Waals surface area contributed by atoms with Gasteiger partial charge in [0, 0.05) is 18.0 Å². The lowest BCUT2D eigenvalue weighted by molar-refractivity contribution is -1.04. The van der Waals surface area contributed by atoms with Crippen molar-refractivity contribution in [2.24, 2.45) is 0 Å². The van der Waals surface area contributed by atoms with E-state index in [-0.39, 0.29) is 18.5 Å². The Hall–Kier alpha value is -0.692. The highest BCUT2D eigenvalue weighted by Crippen LogP contribution is 2.30. The monoisotopic (exact) mass is 555 g/mol. The van der Waals surface area contributed by atoms with E-state index < -0.39 is 69.7 Å². The Balaban J connectivity index is 6.20. The number of amides is 1. The summed E-state index contributed by atoms with van der Waals surface area (Å²) in [6.07, 6.45) is -2.95. The van der Waals surface area contributed by atoms with Crippen LogP contribution in [0.25, 0.3) is 0 Å². The molecule has 0 aliphatic carbocycles. The van der Waals surface area contributed by atoms with E-state index in [1.54, 1.807) is 0 Å². The zero-order chi connectivity index (χ0) is 27.2. The standard InChI is InChI=1S/C20H45NO9Si4/c1-17(2)19(24)27-21(20(25)26,15-18(23)16-22)13-12-14-34(28-31(3,4)5,29-32(6,7)8)30-33(9,10)11/h18,22-23H,1,12-16H2,2-11H3. The maximum atomic E-state index is 12.2. The molecule has 0 saturated carbocycles. The molecule has 10 nitrogen and oxygen atoms in total. The SMILES string of the molecule is C=C(C)C(=O)O[N+](CCC[Si](O[Si](C)(C)C)(O[Si](C)(C)C)O[Si](C)(C)C)(CC(O)CO)C(=O)[O-]. The maximum Gasteiger partial charge on any atom is 0.469 e. The van der Waals surface area contributed by atoms with Crippen molar-refractivity contribution in [2.75, 3.05) is 19.7 Å². The van der Waals surface area contributed by atoms with E-state index >= 15 is 0 Å². The topological polar surface area (TPSA) is 135 Å². The summed E-state index contributed by atoms with van der Waals surface area (Å²) in [4.78, 5) is 29.6. The first-order valence-corrected chi connectivity index (χ1v) is 23.6. The van der Waals surface area contributed by atoms with Gasteiger partial charge in [-0.3, -0.25) is 4.84 Å². The minimum absolute atomic E-state index is 0.00263. The molecule has 1 amide bonds. The molecule has 0 aromatic heterocycles. The molecule has 0 saturated heterocycles. The van der Waals surface area contributed by atoms with Crippen LogP contribution in [-0.2, 0) is 22.0 Å². The van der Waals surface area contributed by atoms with Crippen molar-refractivity contribution in [1.29, 1.82) is 0 Å². The van der Waals surface area contributed by atoms with Crippen LogP contribution < -0.4 is 5.11 Å². The van der Waals surface area contributed by atoms with Crippen LogP contribution in [0.4, 0.5) is 4.79 Å². The van der Waals surface area contributed by atoms with Crippen LogP contribution in [0.3, 0.4) is 0 Å². The van der Waals surface area contributed by atoms with Gasteiger partial charge in [-0.05, 0) is 65.8 Å². The fraction of sp³-hybridized carbons (Fsp3) is 0.800. The van der Waals surface area contributed by atoms with Crippen molar-refractivity contribution < 1.29 is 46.7 Å². The van der Waals surface area contributed by atoms with Crippen molar-refractivity contribution in [3.8, 4) is 0 Å². The Morgan fingerprint density at radius 1 is 0.941 bits per heavy atom. The number of carbonyl (C=O) groups is 2. The highest BCUT2D eigenvalue weighted by Gasteiger charge is 2.50. The number of hydroxylamine groups is 3. The highest BCUT2D eigenvalue weighted by molar-refractivity contribution is 6.90. The van der Waals surface area contributed by atoms with Crippen molar-refractivity contribution in [3.05, 3.63) is 12.2 Å². The summed E-state index contributed by atoms with van der Waals surface area (Å²) in [6, 6.07) is 0.304.